The van der Waals surface area contributed by atoms with Crippen molar-refractivity contribution in [1.29, 1.82) is 0 Å². The van der Waals surface area contributed by atoms with Gasteiger partial charge >= 0.3 is 0 Å². The molecule has 2 rings (SSSR count). The molecular formula is C17H33NOS. The molecular weight excluding hydrogens is 266 g/mol. The van der Waals surface area contributed by atoms with Crippen LogP contribution in [0.2, 0.25) is 0 Å². The first-order chi connectivity index (χ1) is 9.65. The van der Waals surface area contributed by atoms with E-state index in [1.165, 1.54) is 57.8 Å². The van der Waals surface area contributed by atoms with E-state index >= 15 is 0 Å². The minimum absolute atomic E-state index is 0.403. The lowest BCUT2D eigenvalue weighted by Gasteiger charge is -2.38. The van der Waals surface area contributed by atoms with Crippen LogP contribution in [0.4, 0.5) is 0 Å². The van der Waals surface area contributed by atoms with Gasteiger partial charge in [-0.15, -0.1) is 0 Å². The Kier molecular flexibility index (Phi) is 6.54. The van der Waals surface area contributed by atoms with Gasteiger partial charge in [0.1, 0.15) is 0 Å². The van der Waals surface area contributed by atoms with Gasteiger partial charge in [-0.1, -0.05) is 39.5 Å². The lowest BCUT2D eigenvalue weighted by molar-refractivity contribution is 0.289. The molecule has 0 aromatic carbocycles. The fraction of sp³-hybridized carbons (Fsp3) is 1.00. The van der Waals surface area contributed by atoms with Crippen molar-refractivity contribution in [1.82, 2.24) is 5.32 Å². The van der Waals surface area contributed by atoms with Gasteiger partial charge in [0, 0.05) is 22.1 Å². The third kappa shape index (κ3) is 4.07. The number of rotatable bonds is 5. The first-order valence-corrected chi connectivity index (χ1v) is 9.99. The second-order valence-electron chi connectivity index (χ2n) is 7.12. The summed E-state index contributed by atoms with van der Waals surface area (Å²) in [6.07, 6.45) is 11.4. The number of hydrogen-bond acceptors (Lipinski definition) is 2. The third-order valence-corrected chi connectivity index (χ3v) is 7.69. The highest BCUT2D eigenvalue weighted by Gasteiger charge is 2.37. The fourth-order valence-corrected chi connectivity index (χ4v) is 6.78. The van der Waals surface area contributed by atoms with Gasteiger partial charge in [0.15, 0.2) is 0 Å². The smallest absolute Gasteiger partial charge is 0.0506 e. The van der Waals surface area contributed by atoms with Crippen molar-refractivity contribution >= 4 is 10.8 Å². The molecule has 0 bridgehead atoms. The Morgan fingerprint density at radius 3 is 2.60 bits per heavy atom. The van der Waals surface area contributed by atoms with Crippen molar-refractivity contribution in [2.45, 2.75) is 88.2 Å². The standard InChI is InChI=1S/C17H33NOS/c1-4-6-14-9-10-16(18-3)17(12-14)20(19)15-8-5-7-13(2)11-15/h13-18H,4-12H2,1-3H3. The van der Waals surface area contributed by atoms with Crippen LogP contribution in [-0.4, -0.2) is 27.8 Å². The minimum atomic E-state index is -0.630. The second-order valence-corrected chi connectivity index (χ2v) is 9.05. The third-order valence-electron chi connectivity index (χ3n) is 5.48. The molecule has 1 N–H and O–H groups in total. The van der Waals surface area contributed by atoms with Crippen LogP contribution in [0.15, 0.2) is 0 Å². The van der Waals surface area contributed by atoms with E-state index in [9.17, 15) is 4.21 Å². The maximum absolute atomic E-state index is 13.1. The monoisotopic (exact) mass is 299 g/mol. The summed E-state index contributed by atoms with van der Waals surface area (Å²) in [7, 11) is 1.42. The van der Waals surface area contributed by atoms with Gasteiger partial charge in [-0.05, 0) is 51.0 Å². The molecule has 6 atom stereocenters. The van der Waals surface area contributed by atoms with E-state index in [2.05, 4.69) is 26.2 Å². The molecule has 20 heavy (non-hydrogen) atoms. The number of hydrogen-bond donors (Lipinski definition) is 1. The Morgan fingerprint density at radius 1 is 1.15 bits per heavy atom. The normalized spacial score (nSPS) is 40.5. The Bertz CT molecular complexity index is 320. The summed E-state index contributed by atoms with van der Waals surface area (Å²) >= 11 is 0. The first kappa shape index (κ1) is 16.5. The van der Waals surface area contributed by atoms with E-state index in [1.54, 1.807) is 0 Å². The Morgan fingerprint density at radius 2 is 1.95 bits per heavy atom. The van der Waals surface area contributed by atoms with E-state index in [0.29, 0.717) is 16.5 Å². The molecule has 0 aliphatic heterocycles. The van der Waals surface area contributed by atoms with Crippen LogP contribution in [0, 0.1) is 11.8 Å². The highest BCUT2D eigenvalue weighted by Crippen LogP contribution is 2.35. The van der Waals surface area contributed by atoms with Gasteiger partial charge in [0.25, 0.3) is 0 Å². The van der Waals surface area contributed by atoms with E-state index in [4.69, 9.17) is 0 Å². The first-order valence-electron chi connectivity index (χ1n) is 8.72. The van der Waals surface area contributed by atoms with Crippen LogP contribution in [-0.2, 0) is 10.8 Å². The van der Waals surface area contributed by atoms with E-state index < -0.39 is 10.8 Å². The van der Waals surface area contributed by atoms with E-state index in [1.807, 2.05) is 0 Å². The minimum Gasteiger partial charge on any atom is -0.316 e. The molecule has 0 aromatic heterocycles. The van der Waals surface area contributed by atoms with E-state index in [0.717, 1.165) is 11.8 Å². The zero-order valence-corrected chi connectivity index (χ0v) is 14.4. The molecule has 0 aromatic rings. The molecule has 2 nitrogen and oxygen atoms in total. The molecule has 118 valence electrons. The maximum atomic E-state index is 13.1. The molecule has 0 heterocycles. The molecule has 6 unspecified atom stereocenters. The summed E-state index contributed by atoms with van der Waals surface area (Å²) in [6.45, 7) is 4.61. The predicted octanol–water partition coefficient (Wildman–Crippen LogP) is 3.87. The maximum Gasteiger partial charge on any atom is 0.0506 e. The molecule has 0 spiro atoms. The van der Waals surface area contributed by atoms with Crippen molar-refractivity contribution < 1.29 is 4.21 Å². The van der Waals surface area contributed by atoms with Gasteiger partial charge in [-0.25, -0.2) is 0 Å². The average molecular weight is 300 g/mol. The molecule has 2 aliphatic carbocycles. The van der Waals surface area contributed by atoms with Gasteiger partial charge in [0.05, 0.1) is 5.25 Å². The topological polar surface area (TPSA) is 29.1 Å². The molecule has 0 radical (unpaired) electrons. The fourth-order valence-electron chi connectivity index (χ4n) is 4.31. The molecule has 2 aliphatic rings. The number of nitrogens with one attached hydrogen (secondary N) is 1. The summed E-state index contributed by atoms with van der Waals surface area (Å²) in [6, 6.07) is 0.487. The summed E-state index contributed by atoms with van der Waals surface area (Å²) in [4.78, 5) is 0. The van der Waals surface area contributed by atoms with Crippen LogP contribution < -0.4 is 5.32 Å². The SMILES string of the molecule is CCCC1CCC(NC)C(S(=O)C2CCCC(C)C2)C1. The zero-order chi connectivity index (χ0) is 14.5. The predicted molar refractivity (Wildman–Crippen MR) is 88.4 cm³/mol. The molecule has 2 saturated carbocycles. The highest BCUT2D eigenvalue weighted by atomic mass is 32.2. The largest absolute Gasteiger partial charge is 0.316 e. The van der Waals surface area contributed by atoms with Gasteiger partial charge in [-0.3, -0.25) is 4.21 Å². The Hall–Kier alpha value is 0.110. The summed E-state index contributed by atoms with van der Waals surface area (Å²) < 4.78 is 13.1. The quantitative estimate of drug-likeness (QED) is 0.835. The van der Waals surface area contributed by atoms with Crippen molar-refractivity contribution in [2.24, 2.45) is 11.8 Å². The summed E-state index contributed by atoms with van der Waals surface area (Å²) in [5, 5.41) is 4.33. The highest BCUT2D eigenvalue weighted by molar-refractivity contribution is 7.86. The molecule has 0 amide bonds. The van der Waals surface area contributed by atoms with Crippen LogP contribution in [0.25, 0.3) is 0 Å². The Balaban J connectivity index is 1.99. The summed E-state index contributed by atoms with van der Waals surface area (Å²) in [5.74, 6) is 1.60. The van der Waals surface area contributed by atoms with Crippen LogP contribution >= 0.6 is 0 Å². The van der Waals surface area contributed by atoms with Crippen molar-refractivity contribution in [2.75, 3.05) is 7.05 Å². The summed E-state index contributed by atoms with van der Waals surface area (Å²) in [5.41, 5.74) is 0. The van der Waals surface area contributed by atoms with Gasteiger partial charge in [0.2, 0.25) is 0 Å². The van der Waals surface area contributed by atoms with E-state index in [-0.39, 0.29) is 0 Å². The molecule has 3 heteroatoms. The Labute approximate surface area is 127 Å². The average Bonchev–Trinajstić information content (AvgIpc) is 2.47. The van der Waals surface area contributed by atoms with Crippen LogP contribution in [0.5, 0.6) is 0 Å². The van der Waals surface area contributed by atoms with Crippen LogP contribution in [0.1, 0.15) is 71.6 Å². The molecule has 2 fully saturated rings. The van der Waals surface area contributed by atoms with Crippen LogP contribution in [0.3, 0.4) is 0 Å². The van der Waals surface area contributed by atoms with Crippen molar-refractivity contribution in [3.8, 4) is 0 Å². The van der Waals surface area contributed by atoms with Crippen molar-refractivity contribution in [3.05, 3.63) is 0 Å². The lowest BCUT2D eigenvalue weighted by atomic mass is 9.83. The van der Waals surface area contributed by atoms with Crippen molar-refractivity contribution in [3.63, 3.8) is 0 Å². The lowest BCUT2D eigenvalue weighted by Crippen LogP contribution is -2.47. The molecule has 0 saturated heterocycles. The van der Waals surface area contributed by atoms with Gasteiger partial charge < -0.3 is 5.32 Å². The van der Waals surface area contributed by atoms with Gasteiger partial charge in [-0.2, -0.15) is 0 Å². The zero-order valence-electron chi connectivity index (χ0n) is 13.6. The second kappa shape index (κ2) is 7.93.